The SMILES string of the molecule is OCCCc1ccc(Br)c2c1OCCO2. The molecule has 1 N–H and O–H groups in total. The van der Waals surface area contributed by atoms with E-state index in [2.05, 4.69) is 15.9 Å². The normalized spacial score (nSPS) is 14.0. The summed E-state index contributed by atoms with van der Waals surface area (Å²) in [6.45, 7) is 1.39. The van der Waals surface area contributed by atoms with E-state index in [1.807, 2.05) is 12.1 Å². The predicted molar refractivity (Wildman–Crippen MR) is 60.5 cm³/mol. The maximum absolute atomic E-state index is 8.80. The van der Waals surface area contributed by atoms with Gasteiger partial charge >= 0.3 is 0 Å². The third kappa shape index (κ3) is 2.26. The Kier molecular flexibility index (Phi) is 3.49. The summed E-state index contributed by atoms with van der Waals surface area (Å²) in [6.07, 6.45) is 1.56. The summed E-state index contributed by atoms with van der Waals surface area (Å²) in [5.41, 5.74) is 1.10. The van der Waals surface area contributed by atoms with E-state index in [0.717, 1.165) is 34.4 Å². The number of fused-ring (bicyclic) bond motifs is 1. The maximum Gasteiger partial charge on any atom is 0.175 e. The molecule has 0 saturated carbocycles. The first-order valence-electron chi connectivity index (χ1n) is 5.01. The predicted octanol–water partition coefficient (Wildman–Crippen LogP) is 2.15. The molecule has 0 radical (unpaired) electrons. The Balaban J connectivity index is 2.30. The monoisotopic (exact) mass is 272 g/mol. The highest BCUT2D eigenvalue weighted by Gasteiger charge is 2.18. The number of halogens is 1. The Morgan fingerprint density at radius 2 is 1.93 bits per heavy atom. The lowest BCUT2D eigenvalue weighted by Gasteiger charge is -2.22. The van der Waals surface area contributed by atoms with Gasteiger partial charge in [-0.1, -0.05) is 6.07 Å². The molecule has 0 saturated heterocycles. The van der Waals surface area contributed by atoms with Crippen molar-refractivity contribution in [3.63, 3.8) is 0 Å². The summed E-state index contributed by atoms with van der Waals surface area (Å²) in [5.74, 6) is 1.61. The number of aliphatic hydroxyl groups excluding tert-OH is 1. The van der Waals surface area contributed by atoms with E-state index in [-0.39, 0.29) is 6.61 Å². The average Bonchev–Trinajstić information content (AvgIpc) is 2.29. The van der Waals surface area contributed by atoms with Crippen LogP contribution in [0.1, 0.15) is 12.0 Å². The van der Waals surface area contributed by atoms with E-state index < -0.39 is 0 Å². The largest absolute Gasteiger partial charge is 0.486 e. The molecule has 0 aromatic heterocycles. The molecule has 3 nitrogen and oxygen atoms in total. The molecule has 0 amide bonds. The van der Waals surface area contributed by atoms with Crippen molar-refractivity contribution in [2.45, 2.75) is 12.8 Å². The Morgan fingerprint density at radius 3 is 2.67 bits per heavy atom. The van der Waals surface area contributed by atoms with Gasteiger partial charge in [0.2, 0.25) is 0 Å². The van der Waals surface area contributed by atoms with Gasteiger partial charge in [-0.05, 0) is 40.4 Å². The molecule has 1 aromatic rings. The summed E-state index contributed by atoms with van der Waals surface area (Å²) in [5, 5.41) is 8.80. The highest BCUT2D eigenvalue weighted by molar-refractivity contribution is 9.10. The van der Waals surface area contributed by atoms with Gasteiger partial charge in [-0.15, -0.1) is 0 Å². The molecule has 82 valence electrons. The summed E-state index contributed by atoms with van der Waals surface area (Å²) in [6, 6.07) is 3.97. The van der Waals surface area contributed by atoms with Crippen LogP contribution in [-0.4, -0.2) is 24.9 Å². The molecule has 0 atom stereocenters. The van der Waals surface area contributed by atoms with Gasteiger partial charge in [0.05, 0.1) is 4.47 Å². The third-order valence-electron chi connectivity index (χ3n) is 2.33. The number of rotatable bonds is 3. The zero-order valence-corrected chi connectivity index (χ0v) is 9.92. The zero-order chi connectivity index (χ0) is 10.7. The van der Waals surface area contributed by atoms with Gasteiger partial charge in [0.25, 0.3) is 0 Å². The topological polar surface area (TPSA) is 38.7 Å². The fourth-order valence-corrected chi connectivity index (χ4v) is 2.05. The van der Waals surface area contributed by atoms with Crippen LogP contribution in [0.25, 0.3) is 0 Å². The minimum atomic E-state index is 0.200. The minimum absolute atomic E-state index is 0.200. The Hall–Kier alpha value is -0.740. The van der Waals surface area contributed by atoms with Gasteiger partial charge in [0.1, 0.15) is 13.2 Å². The molecular formula is C11H13BrO3. The first kappa shape index (κ1) is 10.8. The third-order valence-corrected chi connectivity index (χ3v) is 2.95. The van der Waals surface area contributed by atoms with Crippen molar-refractivity contribution in [2.24, 2.45) is 0 Å². The van der Waals surface area contributed by atoms with Crippen LogP contribution < -0.4 is 9.47 Å². The quantitative estimate of drug-likeness (QED) is 0.917. The van der Waals surface area contributed by atoms with E-state index in [1.165, 1.54) is 0 Å². The van der Waals surface area contributed by atoms with Crippen LogP contribution in [-0.2, 0) is 6.42 Å². The molecule has 0 bridgehead atoms. The van der Waals surface area contributed by atoms with Crippen molar-refractivity contribution in [1.82, 2.24) is 0 Å². The minimum Gasteiger partial charge on any atom is -0.486 e. The van der Waals surface area contributed by atoms with Crippen LogP contribution in [0.2, 0.25) is 0 Å². The van der Waals surface area contributed by atoms with Crippen LogP contribution >= 0.6 is 15.9 Å². The number of ether oxygens (including phenoxy) is 2. The van der Waals surface area contributed by atoms with Crippen LogP contribution in [0.3, 0.4) is 0 Å². The molecule has 0 spiro atoms. The van der Waals surface area contributed by atoms with E-state index in [0.29, 0.717) is 13.2 Å². The first-order valence-corrected chi connectivity index (χ1v) is 5.80. The molecule has 0 aliphatic carbocycles. The highest BCUT2D eigenvalue weighted by Crippen LogP contribution is 2.40. The molecule has 1 aliphatic heterocycles. The molecular weight excluding hydrogens is 260 g/mol. The Bertz CT molecular complexity index is 352. The highest BCUT2D eigenvalue weighted by atomic mass is 79.9. The van der Waals surface area contributed by atoms with Gasteiger partial charge in [0, 0.05) is 6.61 Å². The second kappa shape index (κ2) is 4.86. The summed E-state index contributed by atoms with van der Waals surface area (Å²) < 4.78 is 12.1. The Labute approximate surface area is 97.1 Å². The molecule has 2 rings (SSSR count). The number of benzene rings is 1. The van der Waals surface area contributed by atoms with Crippen molar-refractivity contribution < 1.29 is 14.6 Å². The van der Waals surface area contributed by atoms with Crippen LogP contribution in [0.5, 0.6) is 11.5 Å². The second-order valence-corrected chi connectivity index (χ2v) is 4.24. The first-order chi connectivity index (χ1) is 7.33. The molecule has 1 aromatic carbocycles. The van der Waals surface area contributed by atoms with Crippen molar-refractivity contribution in [3.05, 3.63) is 22.2 Å². The lowest BCUT2D eigenvalue weighted by molar-refractivity contribution is 0.168. The number of hydrogen-bond acceptors (Lipinski definition) is 3. The molecule has 15 heavy (non-hydrogen) atoms. The molecule has 0 unspecified atom stereocenters. The molecule has 0 fully saturated rings. The van der Waals surface area contributed by atoms with Gasteiger partial charge in [-0.3, -0.25) is 0 Å². The fraction of sp³-hybridized carbons (Fsp3) is 0.455. The lowest BCUT2D eigenvalue weighted by Crippen LogP contribution is -2.17. The van der Waals surface area contributed by atoms with E-state index in [4.69, 9.17) is 14.6 Å². The van der Waals surface area contributed by atoms with Gasteiger partial charge in [-0.2, -0.15) is 0 Å². The number of hydrogen-bond donors (Lipinski definition) is 1. The maximum atomic E-state index is 8.80. The van der Waals surface area contributed by atoms with E-state index >= 15 is 0 Å². The molecule has 1 aliphatic rings. The fourth-order valence-electron chi connectivity index (χ4n) is 1.63. The van der Waals surface area contributed by atoms with Gasteiger partial charge in [0.15, 0.2) is 11.5 Å². The van der Waals surface area contributed by atoms with Gasteiger partial charge < -0.3 is 14.6 Å². The van der Waals surface area contributed by atoms with Crippen molar-refractivity contribution in [1.29, 1.82) is 0 Å². The van der Waals surface area contributed by atoms with Gasteiger partial charge in [-0.25, -0.2) is 0 Å². The van der Waals surface area contributed by atoms with Crippen LogP contribution in [0, 0.1) is 0 Å². The van der Waals surface area contributed by atoms with Crippen molar-refractivity contribution in [2.75, 3.05) is 19.8 Å². The summed E-state index contributed by atoms with van der Waals surface area (Å²) in [4.78, 5) is 0. The zero-order valence-electron chi connectivity index (χ0n) is 8.33. The van der Waals surface area contributed by atoms with Crippen LogP contribution in [0.4, 0.5) is 0 Å². The smallest absolute Gasteiger partial charge is 0.175 e. The molecule has 1 heterocycles. The Morgan fingerprint density at radius 1 is 1.20 bits per heavy atom. The molecule has 4 heteroatoms. The standard InChI is InChI=1S/C11H13BrO3/c12-9-4-3-8(2-1-5-13)10-11(9)15-7-6-14-10/h3-4,13H,1-2,5-7H2. The van der Waals surface area contributed by atoms with E-state index in [1.54, 1.807) is 0 Å². The lowest BCUT2D eigenvalue weighted by atomic mass is 10.1. The van der Waals surface area contributed by atoms with Crippen LogP contribution in [0.15, 0.2) is 16.6 Å². The van der Waals surface area contributed by atoms with Crippen molar-refractivity contribution >= 4 is 15.9 Å². The number of aliphatic hydroxyl groups is 1. The van der Waals surface area contributed by atoms with Crippen molar-refractivity contribution in [3.8, 4) is 11.5 Å². The van der Waals surface area contributed by atoms with E-state index in [9.17, 15) is 0 Å². The summed E-state index contributed by atoms with van der Waals surface area (Å²) >= 11 is 3.43. The average molecular weight is 273 g/mol. The number of aryl methyl sites for hydroxylation is 1. The summed E-state index contributed by atoms with van der Waals surface area (Å²) in [7, 11) is 0. The second-order valence-electron chi connectivity index (χ2n) is 3.39.